The van der Waals surface area contributed by atoms with Crippen LogP contribution in [0.4, 0.5) is 11.4 Å². The first kappa shape index (κ1) is 20.9. The van der Waals surface area contributed by atoms with Crippen molar-refractivity contribution in [3.05, 3.63) is 54.1 Å². The summed E-state index contributed by atoms with van der Waals surface area (Å²) < 4.78 is 5.76. The third kappa shape index (κ3) is 5.15. The molecule has 0 spiro atoms. The van der Waals surface area contributed by atoms with Crippen molar-refractivity contribution in [2.45, 2.75) is 26.8 Å². The molecule has 0 radical (unpaired) electrons. The second-order valence-electron chi connectivity index (χ2n) is 7.39. The summed E-state index contributed by atoms with van der Waals surface area (Å²) in [7, 11) is 0. The van der Waals surface area contributed by atoms with Crippen LogP contribution in [0.15, 0.2) is 48.5 Å². The summed E-state index contributed by atoms with van der Waals surface area (Å²) in [6.45, 7) is 9.62. The van der Waals surface area contributed by atoms with Crippen LogP contribution in [0.3, 0.4) is 0 Å². The standard InChI is InChI=1S/C23H29N3O3/c1-4-29-22-11-6-5-10-21(22)26-14-12-25(13-15-26)17(2)23(28)24-20-9-7-8-19(16-20)18(3)27/h5-11,16-17H,4,12-15H2,1-3H3,(H,24,28)/p+1/t17-/m1/s1. The molecule has 0 aromatic heterocycles. The van der Waals surface area contributed by atoms with Crippen LogP contribution in [-0.4, -0.2) is 50.5 Å². The number of ether oxygens (including phenoxy) is 1. The van der Waals surface area contributed by atoms with Crippen molar-refractivity contribution in [3.8, 4) is 5.75 Å². The molecule has 6 heteroatoms. The maximum atomic E-state index is 12.7. The molecule has 1 aliphatic heterocycles. The third-order valence-electron chi connectivity index (χ3n) is 5.45. The Morgan fingerprint density at radius 1 is 1.14 bits per heavy atom. The van der Waals surface area contributed by atoms with Gasteiger partial charge in [-0.05, 0) is 45.0 Å². The third-order valence-corrected chi connectivity index (χ3v) is 5.45. The van der Waals surface area contributed by atoms with E-state index in [0.717, 1.165) is 37.6 Å². The van der Waals surface area contributed by atoms with Gasteiger partial charge in [0.25, 0.3) is 5.91 Å². The summed E-state index contributed by atoms with van der Waals surface area (Å²) in [5.41, 5.74) is 2.38. The van der Waals surface area contributed by atoms with Crippen LogP contribution in [0.2, 0.25) is 0 Å². The van der Waals surface area contributed by atoms with E-state index in [1.807, 2.05) is 38.1 Å². The molecular weight excluding hydrogens is 366 g/mol. The van der Waals surface area contributed by atoms with E-state index in [9.17, 15) is 9.59 Å². The van der Waals surface area contributed by atoms with Gasteiger partial charge in [-0.3, -0.25) is 9.59 Å². The fraction of sp³-hybridized carbons (Fsp3) is 0.391. The minimum absolute atomic E-state index is 0.0109. The number of quaternary nitrogens is 1. The van der Waals surface area contributed by atoms with Crippen LogP contribution in [0, 0.1) is 0 Å². The Hall–Kier alpha value is -2.86. The summed E-state index contributed by atoms with van der Waals surface area (Å²) in [5.74, 6) is 0.877. The van der Waals surface area contributed by atoms with E-state index in [1.54, 1.807) is 18.2 Å². The number of carbonyl (C=O) groups excluding carboxylic acids is 2. The molecule has 1 atom stereocenters. The Morgan fingerprint density at radius 3 is 2.55 bits per heavy atom. The quantitative estimate of drug-likeness (QED) is 0.703. The molecule has 2 N–H and O–H groups in total. The Morgan fingerprint density at radius 2 is 1.86 bits per heavy atom. The second kappa shape index (κ2) is 9.56. The Labute approximate surface area is 172 Å². The summed E-state index contributed by atoms with van der Waals surface area (Å²) in [6, 6.07) is 15.0. The normalized spacial score (nSPS) is 15.6. The van der Waals surface area contributed by atoms with E-state index in [-0.39, 0.29) is 17.7 Å². The zero-order chi connectivity index (χ0) is 20.8. The number of nitrogens with zero attached hydrogens (tertiary/aromatic N) is 1. The van der Waals surface area contributed by atoms with Crippen LogP contribution in [0.25, 0.3) is 0 Å². The van der Waals surface area contributed by atoms with Gasteiger partial charge in [-0.15, -0.1) is 0 Å². The van der Waals surface area contributed by atoms with E-state index in [2.05, 4.69) is 16.3 Å². The monoisotopic (exact) mass is 396 g/mol. The number of piperazine rings is 1. The molecule has 3 rings (SSSR count). The molecule has 6 nitrogen and oxygen atoms in total. The van der Waals surface area contributed by atoms with E-state index in [1.165, 1.54) is 11.8 Å². The average Bonchev–Trinajstić information content (AvgIpc) is 2.74. The number of nitrogens with one attached hydrogen (secondary N) is 2. The number of hydrogen-bond donors (Lipinski definition) is 2. The van der Waals surface area contributed by atoms with Crippen molar-refractivity contribution in [3.63, 3.8) is 0 Å². The maximum Gasteiger partial charge on any atom is 0.282 e. The van der Waals surface area contributed by atoms with Gasteiger partial charge in [0.15, 0.2) is 11.8 Å². The van der Waals surface area contributed by atoms with Gasteiger partial charge < -0.3 is 19.9 Å². The highest BCUT2D eigenvalue weighted by Gasteiger charge is 2.30. The highest BCUT2D eigenvalue weighted by atomic mass is 16.5. The fourth-order valence-electron chi connectivity index (χ4n) is 3.72. The predicted molar refractivity (Wildman–Crippen MR) is 115 cm³/mol. The van der Waals surface area contributed by atoms with Crippen molar-refractivity contribution in [1.29, 1.82) is 0 Å². The van der Waals surface area contributed by atoms with Gasteiger partial charge in [0.2, 0.25) is 0 Å². The molecule has 0 unspecified atom stereocenters. The molecule has 0 aliphatic carbocycles. The van der Waals surface area contributed by atoms with Gasteiger partial charge in [0, 0.05) is 11.3 Å². The van der Waals surface area contributed by atoms with Crippen LogP contribution in [0.1, 0.15) is 31.1 Å². The molecule has 29 heavy (non-hydrogen) atoms. The lowest BCUT2D eigenvalue weighted by molar-refractivity contribution is -0.914. The number of hydrogen-bond acceptors (Lipinski definition) is 4. The van der Waals surface area contributed by atoms with E-state index < -0.39 is 0 Å². The van der Waals surface area contributed by atoms with Crippen LogP contribution in [-0.2, 0) is 4.79 Å². The van der Waals surface area contributed by atoms with E-state index in [0.29, 0.717) is 17.9 Å². The molecule has 0 saturated carbocycles. The van der Waals surface area contributed by atoms with Crippen LogP contribution >= 0.6 is 0 Å². The van der Waals surface area contributed by atoms with Crippen molar-refractivity contribution >= 4 is 23.1 Å². The maximum absolute atomic E-state index is 12.7. The molecule has 154 valence electrons. The van der Waals surface area contributed by atoms with Gasteiger partial charge in [0.05, 0.1) is 38.5 Å². The molecule has 1 aliphatic rings. The van der Waals surface area contributed by atoms with Crippen molar-refractivity contribution < 1.29 is 19.2 Å². The van der Waals surface area contributed by atoms with Gasteiger partial charge in [0.1, 0.15) is 5.75 Å². The van der Waals surface area contributed by atoms with Gasteiger partial charge >= 0.3 is 0 Å². The smallest absolute Gasteiger partial charge is 0.282 e. The number of ketones is 1. The second-order valence-corrected chi connectivity index (χ2v) is 7.39. The molecule has 1 fully saturated rings. The largest absolute Gasteiger partial charge is 0.492 e. The lowest BCUT2D eigenvalue weighted by Crippen LogP contribution is -3.19. The zero-order valence-corrected chi connectivity index (χ0v) is 17.4. The van der Waals surface area contributed by atoms with Crippen molar-refractivity contribution in [2.75, 3.05) is 43.0 Å². The highest BCUT2D eigenvalue weighted by Crippen LogP contribution is 2.27. The van der Waals surface area contributed by atoms with E-state index >= 15 is 0 Å². The first-order chi connectivity index (χ1) is 14.0. The minimum atomic E-state index is -0.166. The van der Waals surface area contributed by atoms with Crippen molar-refractivity contribution in [2.24, 2.45) is 0 Å². The molecular formula is C23H30N3O3+. The lowest BCUT2D eigenvalue weighted by atomic mass is 10.1. The molecule has 0 bridgehead atoms. The highest BCUT2D eigenvalue weighted by molar-refractivity contribution is 5.98. The first-order valence-corrected chi connectivity index (χ1v) is 10.2. The number of carbonyl (C=O) groups is 2. The van der Waals surface area contributed by atoms with Crippen LogP contribution < -0.4 is 19.9 Å². The average molecular weight is 397 g/mol. The number of para-hydroxylation sites is 2. The molecule has 2 aromatic carbocycles. The Kier molecular flexibility index (Phi) is 6.88. The van der Waals surface area contributed by atoms with Gasteiger partial charge in [-0.2, -0.15) is 0 Å². The predicted octanol–water partition coefficient (Wildman–Crippen LogP) is 2.02. The molecule has 1 saturated heterocycles. The van der Waals surface area contributed by atoms with Gasteiger partial charge in [-0.25, -0.2) is 0 Å². The lowest BCUT2D eigenvalue weighted by Gasteiger charge is -2.36. The number of amides is 1. The topological polar surface area (TPSA) is 63.1 Å². The zero-order valence-electron chi connectivity index (χ0n) is 17.4. The van der Waals surface area contributed by atoms with Gasteiger partial charge in [-0.1, -0.05) is 24.3 Å². The minimum Gasteiger partial charge on any atom is -0.492 e. The summed E-state index contributed by atoms with van der Waals surface area (Å²) in [6.07, 6.45) is 0. The number of Topliss-reactive ketones (excluding diaryl/α,β-unsaturated/α-hetero) is 1. The SMILES string of the molecule is CCOc1ccccc1N1CC[NH+]([C@H](C)C(=O)Nc2cccc(C(C)=O)c2)CC1. The first-order valence-electron chi connectivity index (χ1n) is 10.2. The molecule has 1 heterocycles. The fourth-order valence-corrected chi connectivity index (χ4v) is 3.72. The molecule has 2 aromatic rings. The van der Waals surface area contributed by atoms with E-state index in [4.69, 9.17) is 4.74 Å². The number of rotatable bonds is 7. The molecule has 1 amide bonds. The summed E-state index contributed by atoms with van der Waals surface area (Å²) >= 11 is 0. The van der Waals surface area contributed by atoms with Crippen molar-refractivity contribution in [1.82, 2.24) is 0 Å². The summed E-state index contributed by atoms with van der Waals surface area (Å²) in [4.78, 5) is 27.9. The Balaban J connectivity index is 1.58. The number of anilines is 2. The van der Waals surface area contributed by atoms with Crippen LogP contribution in [0.5, 0.6) is 5.75 Å². The summed E-state index contributed by atoms with van der Waals surface area (Å²) in [5, 5.41) is 2.96. The Bertz CT molecular complexity index is 860. The number of benzene rings is 2.